The summed E-state index contributed by atoms with van der Waals surface area (Å²) in [5.41, 5.74) is 6.53. The Bertz CT molecular complexity index is 1380. The summed E-state index contributed by atoms with van der Waals surface area (Å²) >= 11 is 0. The fraction of sp³-hybridized carbons (Fsp3) is 0.194. The SMILES string of the molecule is CCN(CC)c1ccc2c(c1)Oc1ccc(Nc3ccccc3)cc1C2c1ccccc1C(=O)OC. The number of fused-ring (bicyclic) bond motifs is 2. The molecule has 5 rings (SSSR count). The summed E-state index contributed by atoms with van der Waals surface area (Å²) in [6, 6.07) is 30.2. The van der Waals surface area contributed by atoms with Gasteiger partial charge >= 0.3 is 5.97 Å². The van der Waals surface area contributed by atoms with Crippen LogP contribution in [0.15, 0.2) is 91.0 Å². The van der Waals surface area contributed by atoms with Crippen LogP contribution >= 0.6 is 0 Å². The number of ether oxygens (including phenoxy) is 2. The van der Waals surface area contributed by atoms with Crippen molar-refractivity contribution < 1.29 is 14.3 Å². The minimum Gasteiger partial charge on any atom is -0.465 e. The predicted octanol–water partition coefficient (Wildman–Crippen LogP) is 7.35. The van der Waals surface area contributed by atoms with Crippen LogP contribution in [0.2, 0.25) is 0 Å². The molecule has 0 amide bonds. The van der Waals surface area contributed by atoms with Crippen molar-refractivity contribution in [2.45, 2.75) is 19.8 Å². The number of esters is 1. The molecule has 182 valence electrons. The highest BCUT2D eigenvalue weighted by atomic mass is 16.5. The van der Waals surface area contributed by atoms with Crippen molar-refractivity contribution in [3.8, 4) is 11.5 Å². The Morgan fingerprint density at radius 3 is 2.31 bits per heavy atom. The van der Waals surface area contributed by atoms with Crippen molar-refractivity contribution in [2.24, 2.45) is 0 Å². The molecule has 0 aliphatic carbocycles. The monoisotopic (exact) mass is 478 g/mol. The molecule has 0 saturated heterocycles. The molecular weight excluding hydrogens is 448 g/mol. The summed E-state index contributed by atoms with van der Waals surface area (Å²) < 4.78 is 11.6. The molecule has 1 aliphatic heterocycles. The molecule has 0 aromatic heterocycles. The molecule has 5 nitrogen and oxygen atoms in total. The summed E-state index contributed by atoms with van der Waals surface area (Å²) in [4.78, 5) is 15.1. The van der Waals surface area contributed by atoms with E-state index in [1.54, 1.807) is 0 Å². The molecule has 1 unspecified atom stereocenters. The summed E-state index contributed by atoms with van der Waals surface area (Å²) in [5.74, 6) is 1.05. The fourth-order valence-electron chi connectivity index (χ4n) is 4.93. The summed E-state index contributed by atoms with van der Waals surface area (Å²) in [5, 5.41) is 3.48. The maximum atomic E-state index is 12.8. The van der Waals surface area contributed by atoms with Crippen molar-refractivity contribution in [3.05, 3.63) is 113 Å². The molecule has 0 saturated carbocycles. The van der Waals surface area contributed by atoms with Crippen LogP contribution in [0.3, 0.4) is 0 Å². The second-order valence-corrected chi connectivity index (χ2v) is 8.75. The highest BCUT2D eigenvalue weighted by Gasteiger charge is 2.32. The number of carbonyl (C=O) groups excluding carboxylic acids is 1. The van der Waals surface area contributed by atoms with Gasteiger partial charge in [0, 0.05) is 53.3 Å². The van der Waals surface area contributed by atoms with Crippen LogP contribution in [0.4, 0.5) is 17.1 Å². The number of para-hydroxylation sites is 1. The second-order valence-electron chi connectivity index (χ2n) is 8.75. The molecule has 0 spiro atoms. The molecule has 1 N–H and O–H groups in total. The number of nitrogens with zero attached hydrogens (tertiary/aromatic N) is 1. The van der Waals surface area contributed by atoms with Crippen LogP contribution in [-0.2, 0) is 4.74 Å². The molecule has 1 atom stereocenters. The van der Waals surface area contributed by atoms with Gasteiger partial charge in [0.05, 0.1) is 12.7 Å². The zero-order valence-electron chi connectivity index (χ0n) is 20.8. The van der Waals surface area contributed by atoms with E-state index in [1.807, 2.05) is 66.7 Å². The minimum absolute atomic E-state index is 0.192. The Morgan fingerprint density at radius 1 is 0.806 bits per heavy atom. The Labute approximate surface area is 212 Å². The lowest BCUT2D eigenvalue weighted by atomic mass is 9.80. The third-order valence-electron chi connectivity index (χ3n) is 6.72. The van der Waals surface area contributed by atoms with Gasteiger partial charge in [0.15, 0.2) is 0 Å². The second kappa shape index (κ2) is 10.2. The average Bonchev–Trinajstić information content (AvgIpc) is 2.92. The van der Waals surface area contributed by atoms with E-state index >= 15 is 0 Å². The van der Waals surface area contributed by atoms with Crippen LogP contribution in [0.25, 0.3) is 0 Å². The third kappa shape index (κ3) is 4.40. The molecule has 0 bridgehead atoms. The molecule has 5 heteroatoms. The van der Waals surface area contributed by atoms with Crippen molar-refractivity contribution in [1.29, 1.82) is 0 Å². The molecule has 1 heterocycles. The molecule has 36 heavy (non-hydrogen) atoms. The molecule has 4 aromatic rings. The van der Waals surface area contributed by atoms with Crippen LogP contribution in [0, 0.1) is 0 Å². The van der Waals surface area contributed by atoms with E-state index in [-0.39, 0.29) is 11.9 Å². The number of benzene rings is 4. The van der Waals surface area contributed by atoms with E-state index in [4.69, 9.17) is 9.47 Å². The highest BCUT2D eigenvalue weighted by molar-refractivity contribution is 5.92. The quantitative estimate of drug-likeness (QED) is 0.248. The zero-order valence-corrected chi connectivity index (χ0v) is 20.8. The Morgan fingerprint density at radius 2 is 1.56 bits per heavy atom. The van der Waals surface area contributed by atoms with E-state index in [0.717, 1.165) is 58.3 Å². The highest BCUT2D eigenvalue weighted by Crippen LogP contribution is 2.50. The lowest BCUT2D eigenvalue weighted by molar-refractivity contribution is 0.0599. The summed E-state index contributed by atoms with van der Waals surface area (Å²) in [6.07, 6.45) is 0. The van der Waals surface area contributed by atoms with E-state index < -0.39 is 0 Å². The van der Waals surface area contributed by atoms with Crippen LogP contribution in [-0.4, -0.2) is 26.2 Å². The fourth-order valence-corrected chi connectivity index (χ4v) is 4.93. The van der Waals surface area contributed by atoms with Crippen LogP contribution < -0.4 is 15.0 Å². The van der Waals surface area contributed by atoms with Gasteiger partial charge in [-0.1, -0.05) is 42.5 Å². The van der Waals surface area contributed by atoms with Gasteiger partial charge in [-0.05, 0) is 61.9 Å². The number of carbonyl (C=O) groups is 1. The Hall–Kier alpha value is -4.25. The number of hydrogen-bond acceptors (Lipinski definition) is 5. The summed E-state index contributed by atoms with van der Waals surface area (Å²) in [6.45, 7) is 6.12. The standard InChI is InChI=1S/C31H30N2O3/c1-4-33(5-2)23-16-17-26-29(20-23)36-28-18-15-22(32-21-11-7-6-8-12-21)19-27(28)30(26)24-13-9-10-14-25(24)31(34)35-3/h6-20,30,32H,4-5H2,1-3H3. The van der Waals surface area contributed by atoms with Gasteiger partial charge in [-0.15, -0.1) is 0 Å². The minimum atomic E-state index is -0.349. The maximum absolute atomic E-state index is 12.8. The van der Waals surface area contributed by atoms with Gasteiger partial charge < -0.3 is 19.7 Å². The lowest BCUT2D eigenvalue weighted by Crippen LogP contribution is -2.22. The van der Waals surface area contributed by atoms with Crippen molar-refractivity contribution in [2.75, 3.05) is 30.4 Å². The van der Waals surface area contributed by atoms with Gasteiger partial charge in [0.25, 0.3) is 0 Å². The first kappa shape index (κ1) is 23.5. The smallest absolute Gasteiger partial charge is 0.338 e. The van der Waals surface area contributed by atoms with E-state index in [9.17, 15) is 4.79 Å². The lowest BCUT2D eigenvalue weighted by Gasteiger charge is -2.31. The third-order valence-corrected chi connectivity index (χ3v) is 6.72. The molecule has 4 aromatic carbocycles. The molecule has 0 fully saturated rings. The first-order valence-electron chi connectivity index (χ1n) is 12.3. The number of nitrogens with one attached hydrogen (secondary N) is 1. The largest absolute Gasteiger partial charge is 0.465 e. The van der Waals surface area contributed by atoms with E-state index in [1.165, 1.54) is 7.11 Å². The van der Waals surface area contributed by atoms with Crippen LogP contribution in [0.1, 0.15) is 46.8 Å². The number of anilines is 3. The number of hydrogen-bond donors (Lipinski definition) is 1. The van der Waals surface area contributed by atoms with E-state index in [0.29, 0.717) is 5.56 Å². The Balaban J connectivity index is 1.66. The normalized spacial score (nSPS) is 13.7. The maximum Gasteiger partial charge on any atom is 0.338 e. The molecule has 0 radical (unpaired) electrons. The Kier molecular flexibility index (Phi) is 6.63. The predicted molar refractivity (Wildman–Crippen MR) is 145 cm³/mol. The van der Waals surface area contributed by atoms with Gasteiger partial charge in [0.2, 0.25) is 0 Å². The van der Waals surface area contributed by atoms with Gasteiger partial charge in [-0.25, -0.2) is 4.79 Å². The first-order chi connectivity index (χ1) is 17.6. The van der Waals surface area contributed by atoms with Gasteiger partial charge in [-0.3, -0.25) is 0 Å². The van der Waals surface area contributed by atoms with E-state index in [2.05, 4.69) is 48.3 Å². The van der Waals surface area contributed by atoms with Gasteiger partial charge in [-0.2, -0.15) is 0 Å². The van der Waals surface area contributed by atoms with Crippen molar-refractivity contribution in [3.63, 3.8) is 0 Å². The number of rotatable bonds is 7. The molecule has 1 aliphatic rings. The summed E-state index contributed by atoms with van der Waals surface area (Å²) in [7, 11) is 1.42. The van der Waals surface area contributed by atoms with Crippen molar-refractivity contribution >= 4 is 23.0 Å². The zero-order chi connectivity index (χ0) is 25.1. The average molecular weight is 479 g/mol. The first-order valence-corrected chi connectivity index (χ1v) is 12.3. The van der Waals surface area contributed by atoms with Crippen molar-refractivity contribution in [1.82, 2.24) is 0 Å². The topological polar surface area (TPSA) is 50.8 Å². The number of methoxy groups -OCH3 is 1. The molecular formula is C31H30N2O3. The van der Waals surface area contributed by atoms with Crippen LogP contribution in [0.5, 0.6) is 11.5 Å². The van der Waals surface area contributed by atoms with Gasteiger partial charge in [0.1, 0.15) is 11.5 Å².